The Morgan fingerprint density at radius 2 is 1.94 bits per heavy atom. The molecule has 2 aliphatic heterocycles. The number of esters is 1. The van der Waals surface area contributed by atoms with Gasteiger partial charge in [0.1, 0.15) is 10.1 Å². The Bertz CT molecular complexity index is 1200. The molecule has 0 fully saturated rings. The molecule has 0 aromatic heterocycles. The molecule has 2 heterocycles. The molecule has 2 aromatic carbocycles. The van der Waals surface area contributed by atoms with E-state index in [-0.39, 0.29) is 17.2 Å². The minimum Gasteiger partial charge on any atom is -0.497 e. The summed E-state index contributed by atoms with van der Waals surface area (Å²) in [4.78, 5) is 25.6. The molecular weight excluding hydrogens is 492 g/mol. The number of methoxy groups -OCH3 is 1. The van der Waals surface area contributed by atoms with E-state index in [0.717, 1.165) is 17.0 Å². The van der Waals surface area contributed by atoms with Gasteiger partial charge in [-0.2, -0.15) is 0 Å². The first-order valence-corrected chi connectivity index (χ1v) is 11.2. The number of benzene rings is 2. The number of halogens is 1. The number of nitro benzene ring substituents is 1. The van der Waals surface area contributed by atoms with Gasteiger partial charge in [-0.3, -0.25) is 14.9 Å². The maximum atomic E-state index is 12.6. The molecular formula is C24H25BrN2O6. The van der Waals surface area contributed by atoms with Gasteiger partial charge in [0.25, 0.3) is 5.69 Å². The van der Waals surface area contributed by atoms with E-state index < -0.39 is 26.4 Å². The lowest BCUT2D eigenvalue weighted by atomic mass is 9.76. The maximum absolute atomic E-state index is 12.6. The lowest BCUT2D eigenvalue weighted by Crippen LogP contribution is -2.58. The molecule has 2 aliphatic rings. The Balaban J connectivity index is 1.86. The van der Waals surface area contributed by atoms with E-state index in [1.54, 1.807) is 27.0 Å². The van der Waals surface area contributed by atoms with Gasteiger partial charge in [0.15, 0.2) is 11.5 Å². The van der Waals surface area contributed by atoms with Gasteiger partial charge in [-0.15, -0.1) is 0 Å². The topological polar surface area (TPSA) is 91.1 Å². The molecule has 0 amide bonds. The summed E-state index contributed by atoms with van der Waals surface area (Å²) in [5.74, 6) is 0.410. The highest BCUT2D eigenvalue weighted by Crippen LogP contribution is 2.56. The molecule has 0 radical (unpaired) electrons. The molecule has 33 heavy (non-hydrogen) atoms. The normalized spacial score (nSPS) is 20.2. The van der Waals surface area contributed by atoms with Gasteiger partial charge in [0.05, 0.1) is 23.5 Å². The second-order valence-corrected chi connectivity index (χ2v) is 11.2. The smallest absolute Gasteiger partial charge is 0.327 e. The number of anilines is 1. The summed E-state index contributed by atoms with van der Waals surface area (Å²) < 4.78 is 16.7. The van der Waals surface area contributed by atoms with Crippen molar-refractivity contribution in [3.63, 3.8) is 0 Å². The van der Waals surface area contributed by atoms with Gasteiger partial charge in [0, 0.05) is 24.4 Å². The van der Waals surface area contributed by atoms with Crippen molar-refractivity contribution in [1.82, 2.24) is 0 Å². The molecule has 1 atom stereocenters. The fourth-order valence-electron chi connectivity index (χ4n) is 4.38. The van der Waals surface area contributed by atoms with Crippen LogP contribution in [0.2, 0.25) is 0 Å². The Morgan fingerprint density at radius 1 is 1.24 bits per heavy atom. The molecule has 2 aromatic rings. The number of carbonyl (C=O) groups excluding carboxylic acids is 1. The lowest BCUT2D eigenvalue weighted by Gasteiger charge is -2.45. The van der Waals surface area contributed by atoms with E-state index in [2.05, 4.69) is 29.8 Å². The first-order chi connectivity index (χ1) is 15.3. The maximum Gasteiger partial charge on any atom is 0.327 e. The summed E-state index contributed by atoms with van der Waals surface area (Å²) in [6.07, 6.45) is 3.68. The predicted octanol–water partition coefficient (Wildman–Crippen LogP) is 5.21. The number of non-ortho nitro benzene ring substituents is 1. The van der Waals surface area contributed by atoms with Crippen molar-refractivity contribution in [2.24, 2.45) is 0 Å². The number of hydrogen-bond acceptors (Lipinski definition) is 7. The summed E-state index contributed by atoms with van der Waals surface area (Å²) >= 11 is 3.28. The van der Waals surface area contributed by atoms with Gasteiger partial charge < -0.3 is 19.1 Å². The van der Waals surface area contributed by atoms with E-state index >= 15 is 0 Å². The summed E-state index contributed by atoms with van der Waals surface area (Å²) in [6.45, 7) is 7.39. The van der Waals surface area contributed by atoms with Crippen molar-refractivity contribution < 1.29 is 23.9 Å². The zero-order chi connectivity index (χ0) is 24.3. The highest BCUT2D eigenvalue weighted by Gasteiger charge is 2.58. The van der Waals surface area contributed by atoms with E-state index in [1.807, 2.05) is 36.2 Å². The molecule has 0 saturated carbocycles. The number of nitro groups is 1. The van der Waals surface area contributed by atoms with Gasteiger partial charge in [-0.25, -0.2) is 0 Å². The van der Waals surface area contributed by atoms with Crippen LogP contribution >= 0.6 is 15.9 Å². The number of alkyl halides is 1. The number of ether oxygens (including phenoxy) is 3. The lowest BCUT2D eigenvalue weighted by molar-refractivity contribution is -0.385. The Morgan fingerprint density at radius 3 is 2.55 bits per heavy atom. The Hall–Kier alpha value is -3.07. The number of carbonyl (C=O) groups is 1. The Kier molecular flexibility index (Phi) is 5.24. The molecule has 8 nitrogen and oxygen atoms in total. The highest BCUT2D eigenvalue weighted by molar-refractivity contribution is 9.10. The summed E-state index contributed by atoms with van der Waals surface area (Å²) in [5.41, 5.74) is 0.756. The van der Waals surface area contributed by atoms with Crippen LogP contribution < -0.4 is 19.1 Å². The number of fused-ring (bicyclic) bond motifs is 2. The van der Waals surface area contributed by atoms with Crippen molar-refractivity contribution >= 4 is 39.4 Å². The molecule has 174 valence electrons. The van der Waals surface area contributed by atoms with Crippen LogP contribution in [0.25, 0.3) is 6.08 Å². The second kappa shape index (κ2) is 7.48. The van der Waals surface area contributed by atoms with E-state index in [9.17, 15) is 14.9 Å². The summed E-state index contributed by atoms with van der Waals surface area (Å²) in [5, 5.41) is 11.5. The SMILES string of the molecule is COc1ccc2c(c1)C(C)(C)[C@@]1(C=Cc3cc([N+](=O)[O-])cc(OC(=O)C(C)(C)Br)c3O1)N2C. The quantitative estimate of drug-likeness (QED) is 0.181. The number of likely N-dealkylation sites (N-methyl/N-ethyl adjacent to an activating group) is 1. The Labute approximate surface area is 200 Å². The predicted molar refractivity (Wildman–Crippen MR) is 129 cm³/mol. The van der Waals surface area contributed by atoms with E-state index in [1.165, 1.54) is 12.1 Å². The molecule has 0 aliphatic carbocycles. The highest BCUT2D eigenvalue weighted by atomic mass is 79.9. The average Bonchev–Trinajstić information content (AvgIpc) is 2.91. The number of rotatable bonds is 4. The van der Waals surface area contributed by atoms with E-state index in [0.29, 0.717) is 5.56 Å². The number of nitrogens with zero attached hydrogens (tertiary/aromatic N) is 2. The third-order valence-electron chi connectivity index (χ3n) is 6.35. The van der Waals surface area contributed by atoms with Crippen LogP contribution in [0.15, 0.2) is 36.4 Å². The van der Waals surface area contributed by atoms with Crippen LogP contribution in [-0.2, 0) is 10.2 Å². The van der Waals surface area contributed by atoms with Crippen molar-refractivity contribution in [1.29, 1.82) is 0 Å². The zero-order valence-electron chi connectivity index (χ0n) is 19.3. The van der Waals surface area contributed by atoms with E-state index in [4.69, 9.17) is 14.2 Å². The molecule has 0 N–H and O–H groups in total. The first-order valence-electron chi connectivity index (χ1n) is 10.4. The third kappa shape index (κ3) is 3.45. The molecule has 0 bridgehead atoms. The van der Waals surface area contributed by atoms with Crippen LogP contribution in [0, 0.1) is 10.1 Å². The summed E-state index contributed by atoms with van der Waals surface area (Å²) in [6, 6.07) is 8.48. The molecule has 9 heteroatoms. The zero-order valence-corrected chi connectivity index (χ0v) is 20.8. The van der Waals surface area contributed by atoms with Crippen LogP contribution in [0.1, 0.15) is 38.8 Å². The molecule has 1 spiro atoms. The van der Waals surface area contributed by atoms with Crippen molar-refractivity contribution in [3.8, 4) is 17.2 Å². The average molecular weight is 517 g/mol. The second-order valence-electron chi connectivity index (χ2n) is 9.18. The number of hydrogen-bond donors (Lipinski definition) is 0. The fraction of sp³-hybridized carbons (Fsp3) is 0.375. The van der Waals surface area contributed by atoms with Crippen LogP contribution in [0.4, 0.5) is 11.4 Å². The first kappa shape index (κ1) is 23.1. The third-order valence-corrected chi connectivity index (χ3v) is 6.67. The van der Waals surface area contributed by atoms with Crippen molar-refractivity contribution in [2.45, 2.75) is 43.2 Å². The largest absolute Gasteiger partial charge is 0.497 e. The van der Waals surface area contributed by atoms with Crippen molar-refractivity contribution in [3.05, 3.63) is 57.6 Å². The van der Waals surface area contributed by atoms with Crippen LogP contribution in [0.5, 0.6) is 17.2 Å². The summed E-state index contributed by atoms with van der Waals surface area (Å²) in [7, 11) is 3.55. The van der Waals surface area contributed by atoms with Gasteiger partial charge in [-0.05, 0) is 63.6 Å². The minimum absolute atomic E-state index is 0.00168. The molecule has 0 saturated heterocycles. The molecule has 4 rings (SSSR count). The van der Waals surface area contributed by atoms with Crippen LogP contribution in [-0.4, -0.2) is 35.1 Å². The van der Waals surface area contributed by atoms with Crippen LogP contribution in [0.3, 0.4) is 0 Å². The minimum atomic E-state index is -0.983. The fourth-order valence-corrected chi connectivity index (χ4v) is 4.46. The van der Waals surface area contributed by atoms with Gasteiger partial charge >= 0.3 is 5.97 Å². The van der Waals surface area contributed by atoms with Gasteiger partial charge in [-0.1, -0.05) is 15.9 Å². The van der Waals surface area contributed by atoms with Gasteiger partial charge in [0.2, 0.25) is 5.72 Å². The monoisotopic (exact) mass is 516 g/mol. The van der Waals surface area contributed by atoms with Crippen molar-refractivity contribution in [2.75, 3.05) is 19.1 Å². The standard InChI is InChI=1S/C24H25BrN2O6/c1-22(2)17-13-16(31-6)7-8-18(17)26(5)24(22)10-9-14-11-15(27(29)30)12-19(20(14)33-24)32-21(28)23(3,4)25/h7-13H,1-6H3/t24-/m0/s1. The molecule has 0 unspecified atom stereocenters.